The lowest BCUT2D eigenvalue weighted by Crippen LogP contribution is -2.45. The van der Waals surface area contributed by atoms with Crippen LogP contribution in [0.15, 0.2) is 22.5 Å². The summed E-state index contributed by atoms with van der Waals surface area (Å²) < 4.78 is 0. The molecule has 29 heavy (non-hydrogen) atoms. The number of carbonyl (C=O) groups is 1. The van der Waals surface area contributed by atoms with E-state index in [0.717, 1.165) is 51.6 Å². The number of guanidine groups is 1. The molecule has 0 aliphatic carbocycles. The molecule has 1 aromatic heterocycles. The van der Waals surface area contributed by atoms with Gasteiger partial charge in [0.15, 0.2) is 5.96 Å². The van der Waals surface area contributed by atoms with Crippen molar-refractivity contribution in [3.05, 3.63) is 22.4 Å². The first-order chi connectivity index (χ1) is 13.7. The van der Waals surface area contributed by atoms with Crippen LogP contribution < -0.4 is 10.6 Å². The van der Waals surface area contributed by atoms with Crippen molar-refractivity contribution in [1.82, 2.24) is 20.4 Å². The Labute approximate surface area is 196 Å². The first-order valence-corrected chi connectivity index (χ1v) is 11.6. The summed E-state index contributed by atoms with van der Waals surface area (Å²) in [5, 5.41) is 9.08. The maximum Gasteiger partial charge on any atom is 0.222 e. The molecule has 2 aliphatic heterocycles. The number of aliphatic imine (C=N–C) groups is 1. The Morgan fingerprint density at radius 2 is 2.14 bits per heavy atom. The molecule has 2 aliphatic rings. The van der Waals surface area contributed by atoms with E-state index in [1.807, 2.05) is 23.2 Å². The molecule has 0 aromatic carbocycles. The number of nitrogens with one attached hydrogen (secondary N) is 2. The Hall–Kier alpha value is -0.870. The van der Waals surface area contributed by atoms with Crippen LogP contribution in [-0.4, -0.2) is 67.0 Å². The van der Waals surface area contributed by atoms with Gasteiger partial charge in [-0.15, -0.1) is 35.3 Å². The molecule has 6 nitrogen and oxygen atoms in total. The second-order valence-corrected chi connectivity index (χ2v) is 8.90. The highest BCUT2D eigenvalue weighted by atomic mass is 127. The normalized spacial score (nSPS) is 23.0. The number of piperidine rings is 1. The van der Waals surface area contributed by atoms with Gasteiger partial charge in [-0.3, -0.25) is 14.7 Å². The van der Waals surface area contributed by atoms with Crippen LogP contribution in [0.4, 0.5) is 0 Å². The molecule has 164 valence electrons. The van der Waals surface area contributed by atoms with Crippen LogP contribution in [-0.2, 0) is 11.3 Å². The van der Waals surface area contributed by atoms with Crippen LogP contribution in [0.25, 0.3) is 0 Å². The van der Waals surface area contributed by atoms with Crippen molar-refractivity contribution in [2.45, 2.75) is 52.1 Å². The van der Waals surface area contributed by atoms with E-state index in [0.29, 0.717) is 18.4 Å². The predicted octanol–water partition coefficient (Wildman–Crippen LogP) is 3.14. The average Bonchev–Trinajstić information content (AvgIpc) is 3.38. The van der Waals surface area contributed by atoms with Crippen LogP contribution in [0, 0.1) is 5.92 Å². The molecule has 2 unspecified atom stereocenters. The number of thiophene rings is 1. The molecular formula is C21H36IN5OS. The molecular weight excluding hydrogens is 497 g/mol. The second-order valence-electron chi connectivity index (χ2n) is 7.87. The van der Waals surface area contributed by atoms with Gasteiger partial charge < -0.3 is 15.5 Å². The maximum absolute atomic E-state index is 11.9. The summed E-state index contributed by atoms with van der Waals surface area (Å²) in [6.45, 7) is 10.8. The summed E-state index contributed by atoms with van der Waals surface area (Å²) in [5.41, 5.74) is 0. The highest BCUT2D eigenvalue weighted by molar-refractivity contribution is 14.0. The lowest BCUT2D eigenvalue weighted by atomic mass is 9.98. The van der Waals surface area contributed by atoms with E-state index in [9.17, 15) is 4.79 Å². The average molecular weight is 534 g/mol. The fourth-order valence-corrected chi connectivity index (χ4v) is 4.87. The lowest BCUT2D eigenvalue weighted by Gasteiger charge is -2.31. The van der Waals surface area contributed by atoms with Gasteiger partial charge in [0.2, 0.25) is 5.91 Å². The minimum atomic E-state index is 0. The van der Waals surface area contributed by atoms with Crippen molar-refractivity contribution in [3.63, 3.8) is 0 Å². The Bertz CT molecular complexity index is 639. The Balaban J connectivity index is 0.00000300. The van der Waals surface area contributed by atoms with Gasteiger partial charge in [-0.05, 0) is 50.1 Å². The highest BCUT2D eigenvalue weighted by Gasteiger charge is 2.26. The van der Waals surface area contributed by atoms with Crippen molar-refractivity contribution >= 4 is 47.2 Å². The van der Waals surface area contributed by atoms with Gasteiger partial charge in [-0.2, -0.15) is 0 Å². The van der Waals surface area contributed by atoms with E-state index >= 15 is 0 Å². The third-order valence-corrected chi connectivity index (χ3v) is 6.46. The molecule has 0 radical (unpaired) electrons. The molecule has 0 spiro atoms. The Morgan fingerprint density at radius 1 is 1.28 bits per heavy atom. The van der Waals surface area contributed by atoms with Crippen molar-refractivity contribution in [2.75, 3.05) is 39.3 Å². The number of rotatable bonds is 7. The van der Waals surface area contributed by atoms with Gasteiger partial charge in [0.1, 0.15) is 0 Å². The number of carbonyl (C=O) groups excluding carboxylic acids is 1. The van der Waals surface area contributed by atoms with E-state index in [2.05, 4.69) is 40.0 Å². The van der Waals surface area contributed by atoms with Crippen LogP contribution in [0.1, 0.15) is 44.4 Å². The molecule has 2 fully saturated rings. The molecule has 0 bridgehead atoms. The summed E-state index contributed by atoms with van der Waals surface area (Å²) in [6.07, 6.45) is 4.09. The highest BCUT2D eigenvalue weighted by Crippen LogP contribution is 2.20. The summed E-state index contributed by atoms with van der Waals surface area (Å²) in [5.74, 6) is 1.76. The van der Waals surface area contributed by atoms with Crippen molar-refractivity contribution in [2.24, 2.45) is 10.9 Å². The SMILES string of the molecule is CCNC(=NCC1CCCN(Cc2cccs2)C1)NC1CCN(C(=O)CC)C1.I. The maximum atomic E-state index is 11.9. The second kappa shape index (κ2) is 12.7. The van der Waals surface area contributed by atoms with Gasteiger partial charge in [-0.25, -0.2) is 0 Å². The third-order valence-electron chi connectivity index (χ3n) is 5.60. The number of hydrogen-bond donors (Lipinski definition) is 2. The first kappa shape index (κ1) is 24.4. The summed E-state index contributed by atoms with van der Waals surface area (Å²) in [4.78, 5) is 22.8. The quantitative estimate of drug-likeness (QED) is 0.321. The van der Waals surface area contributed by atoms with Crippen molar-refractivity contribution in [1.29, 1.82) is 0 Å². The minimum Gasteiger partial charge on any atom is -0.357 e. The van der Waals surface area contributed by atoms with Crippen molar-refractivity contribution < 1.29 is 4.79 Å². The molecule has 3 rings (SSSR count). The van der Waals surface area contributed by atoms with Gasteiger partial charge in [0, 0.05) is 56.6 Å². The van der Waals surface area contributed by atoms with Crippen LogP contribution in [0.3, 0.4) is 0 Å². The number of hydrogen-bond acceptors (Lipinski definition) is 4. The molecule has 1 aromatic rings. The van der Waals surface area contributed by atoms with Crippen LogP contribution in [0.2, 0.25) is 0 Å². The van der Waals surface area contributed by atoms with E-state index in [-0.39, 0.29) is 29.9 Å². The third kappa shape index (κ3) is 7.71. The van der Waals surface area contributed by atoms with E-state index in [1.54, 1.807) is 0 Å². The minimum absolute atomic E-state index is 0. The number of nitrogens with zero attached hydrogens (tertiary/aromatic N) is 3. The number of likely N-dealkylation sites (tertiary alicyclic amines) is 2. The molecule has 3 heterocycles. The zero-order valence-corrected chi connectivity index (χ0v) is 20.9. The monoisotopic (exact) mass is 533 g/mol. The van der Waals surface area contributed by atoms with E-state index in [4.69, 9.17) is 4.99 Å². The molecule has 0 saturated carbocycles. The fraction of sp³-hybridized carbons (Fsp3) is 0.714. The van der Waals surface area contributed by atoms with Gasteiger partial charge in [0.25, 0.3) is 0 Å². The van der Waals surface area contributed by atoms with Crippen LogP contribution >= 0.6 is 35.3 Å². The lowest BCUT2D eigenvalue weighted by molar-refractivity contribution is -0.129. The zero-order chi connectivity index (χ0) is 19.8. The smallest absolute Gasteiger partial charge is 0.222 e. The molecule has 2 N–H and O–H groups in total. The van der Waals surface area contributed by atoms with Gasteiger partial charge in [-0.1, -0.05) is 13.0 Å². The standard InChI is InChI=1S/C21H35N5OS.HI/c1-3-20(27)26-11-9-18(15-26)24-21(22-4-2)23-13-17-7-5-10-25(14-17)16-19-8-6-12-28-19;/h6,8,12,17-18H,3-5,7,9-11,13-16H2,1-2H3,(H2,22,23,24);1H. The zero-order valence-electron chi connectivity index (χ0n) is 17.7. The summed E-state index contributed by atoms with van der Waals surface area (Å²) in [7, 11) is 0. The molecule has 2 atom stereocenters. The largest absolute Gasteiger partial charge is 0.357 e. The predicted molar refractivity (Wildman–Crippen MR) is 132 cm³/mol. The van der Waals surface area contributed by atoms with Crippen LogP contribution in [0.5, 0.6) is 0 Å². The summed E-state index contributed by atoms with van der Waals surface area (Å²) >= 11 is 1.85. The number of halogens is 1. The summed E-state index contributed by atoms with van der Waals surface area (Å²) in [6, 6.07) is 4.67. The van der Waals surface area contributed by atoms with Crippen molar-refractivity contribution in [3.8, 4) is 0 Å². The van der Waals surface area contributed by atoms with E-state index in [1.165, 1.54) is 24.3 Å². The molecule has 2 saturated heterocycles. The Morgan fingerprint density at radius 3 is 2.86 bits per heavy atom. The first-order valence-electron chi connectivity index (χ1n) is 10.7. The number of amides is 1. The van der Waals surface area contributed by atoms with Gasteiger partial charge in [0.05, 0.1) is 0 Å². The topological polar surface area (TPSA) is 60.0 Å². The molecule has 1 amide bonds. The van der Waals surface area contributed by atoms with E-state index < -0.39 is 0 Å². The van der Waals surface area contributed by atoms with Gasteiger partial charge >= 0.3 is 0 Å². The Kier molecular flexibility index (Phi) is 10.7. The molecule has 8 heteroatoms. The fourth-order valence-electron chi connectivity index (χ4n) is 4.13.